The molecule has 100 valence electrons. The smallest absolute Gasteiger partial charge is 0.0581 e. The predicted molar refractivity (Wildman–Crippen MR) is 77.6 cm³/mol. The van der Waals surface area contributed by atoms with E-state index in [0.717, 1.165) is 5.92 Å². The van der Waals surface area contributed by atoms with Crippen LogP contribution in [0.15, 0.2) is 6.07 Å². The summed E-state index contributed by atoms with van der Waals surface area (Å²) in [5.41, 5.74) is 4.72. The molecule has 0 saturated heterocycles. The van der Waals surface area contributed by atoms with Crippen molar-refractivity contribution in [3.63, 3.8) is 0 Å². The first-order valence-electron chi connectivity index (χ1n) is 7.46. The largest absolute Gasteiger partial charge is 0.271 e. The van der Waals surface area contributed by atoms with Gasteiger partial charge in [-0.3, -0.25) is 11.3 Å². The van der Waals surface area contributed by atoms with Crippen molar-refractivity contribution in [2.75, 3.05) is 0 Å². The van der Waals surface area contributed by atoms with Gasteiger partial charge in [0.1, 0.15) is 0 Å². The number of nitrogens with two attached hydrogens (primary N) is 1. The second-order valence-electron chi connectivity index (χ2n) is 5.85. The standard InChI is InChI=1S/C15H24N2S/c16-17-15(11-6-2-1-3-7-11)14-10-12-8-4-5-9-13(12)18-14/h10-11,15,17H,1-9,16H2. The summed E-state index contributed by atoms with van der Waals surface area (Å²) in [5.74, 6) is 6.60. The molecule has 2 aliphatic rings. The molecule has 1 aromatic rings. The van der Waals surface area contributed by atoms with E-state index in [1.807, 2.05) is 11.3 Å². The summed E-state index contributed by atoms with van der Waals surface area (Å²) in [6, 6.07) is 2.85. The van der Waals surface area contributed by atoms with Gasteiger partial charge in [-0.25, -0.2) is 0 Å². The molecule has 2 aliphatic carbocycles. The Morgan fingerprint density at radius 2 is 1.89 bits per heavy atom. The molecule has 0 bridgehead atoms. The Bertz CT molecular complexity index is 370. The van der Waals surface area contributed by atoms with Crippen molar-refractivity contribution in [2.45, 2.75) is 63.8 Å². The van der Waals surface area contributed by atoms with Crippen LogP contribution in [-0.4, -0.2) is 0 Å². The van der Waals surface area contributed by atoms with Crippen LogP contribution in [-0.2, 0) is 12.8 Å². The number of thiophene rings is 1. The van der Waals surface area contributed by atoms with Crippen LogP contribution in [0.1, 0.15) is 66.3 Å². The maximum absolute atomic E-state index is 5.85. The summed E-state index contributed by atoms with van der Waals surface area (Å²) in [6.07, 6.45) is 12.2. The quantitative estimate of drug-likeness (QED) is 0.645. The summed E-state index contributed by atoms with van der Waals surface area (Å²) in [5, 5.41) is 0. The number of rotatable bonds is 3. The second kappa shape index (κ2) is 5.72. The molecule has 2 nitrogen and oxygen atoms in total. The summed E-state index contributed by atoms with van der Waals surface area (Å²) in [6.45, 7) is 0. The van der Waals surface area contributed by atoms with Gasteiger partial charge in [0.15, 0.2) is 0 Å². The van der Waals surface area contributed by atoms with E-state index >= 15 is 0 Å². The fourth-order valence-corrected chi connectivity index (χ4v) is 5.00. The normalized spacial score (nSPS) is 22.7. The third-order valence-corrected chi connectivity index (χ3v) is 5.94. The first-order chi connectivity index (χ1) is 8.88. The van der Waals surface area contributed by atoms with Crippen molar-refractivity contribution < 1.29 is 0 Å². The Hall–Kier alpha value is -0.380. The molecule has 0 amide bonds. The molecule has 0 spiro atoms. The lowest BCUT2D eigenvalue weighted by molar-refractivity contribution is 0.276. The topological polar surface area (TPSA) is 38.0 Å². The minimum Gasteiger partial charge on any atom is -0.271 e. The Morgan fingerprint density at radius 3 is 2.61 bits per heavy atom. The third kappa shape index (κ3) is 2.49. The van der Waals surface area contributed by atoms with Crippen molar-refractivity contribution in [3.05, 3.63) is 21.4 Å². The number of hydrazine groups is 1. The number of hydrogen-bond donors (Lipinski definition) is 2. The van der Waals surface area contributed by atoms with E-state index < -0.39 is 0 Å². The first kappa shape index (κ1) is 12.6. The lowest BCUT2D eigenvalue weighted by Crippen LogP contribution is -2.34. The van der Waals surface area contributed by atoms with Crippen LogP contribution in [0, 0.1) is 5.92 Å². The fourth-order valence-electron chi connectivity index (χ4n) is 3.58. The van der Waals surface area contributed by atoms with E-state index in [0.29, 0.717) is 6.04 Å². The van der Waals surface area contributed by atoms with Crippen LogP contribution in [0.5, 0.6) is 0 Å². The number of nitrogens with one attached hydrogen (secondary N) is 1. The molecule has 1 heterocycles. The molecule has 3 N–H and O–H groups in total. The van der Waals surface area contributed by atoms with E-state index in [2.05, 4.69) is 11.5 Å². The molecule has 1 atom stereocenters. The van der Waals surface area contributed by atoms with Gasteiger partial charge in [-0.05, 0) is 56.1 Å². The van der Waals surface area contributed by atoms with Gasteiger partial charge in [-0.15, -0.1) is 11.3 Å². The van der Waals surface area contributed by atoms with Gasteiger partial charge < -0.3 is 0 Å². The molecule has 1 fully saturated rings. The lowest BCUT2D eigenvalue weighted by Gasteiger charge is -2.29. The average molecular weight is 264 g/mol. The van der Waals surface area contributed by atoms with Crippen molar-refractivity contribution in [1.82, 2.24) is 5.43 Å². The molecular formula is C15H24N2S. The molecule has 1 saturated carbocycles. The third-order valence-electron chi connectivity index (χ3n) is 4.62. The number of hydrogen-bond acceptors (Lipinski definition) is 3. The van der Waals surface area contributed by atoms with Crippen LogP contribution in [0.25, 0.3) is 0 Å². The molecule has 0 radical (unpaired) electrons. The molecule has 1 unspecified atom stereocenters. The summed E-state index contributed by atoms with van der Waals surface area (Å²) in [4.78, 5) is 3.13. The van der Waals surface area contributed by atoms with Gasteiger partial charge in [0.25, 0.3) is 0 Å². The molecule has 3 rings (SSSR count). The zero-order chi connectivity index (χ0) is 12.4. The first-order valence-corrected chi connectivity index (χ1v) is 8.28. The highest BCUT2D eigenvalue weighted by atomic mass is 32.1. The van der Waals surface area contributed by atoms with E-state index in [9.17, 15) is 0 Å². The van der Waals surface area contributed by atoms with Crippen LogP contribution in [0.3, 0.4) is 0 Å². The van der Waals surface area contributed by atoms with Crippen molar-refractivity contribution >= 4 is 11.3 Å². The Morgan fingerprint density at radius 1 is 1.11 bits per heavy atom. The summed E-state index contributed by atoms with van der Waals surface area (Å²) >= 11 is 2.02. The molecular weight excluding hydrogens is 240 g/mol. The number of fused-ring (bicyclic) bond motifs is 1. The van der Waals surface area contributed by atoms with Gasteiger partial charge >= 0.3 is 0 Å². The average Bonchev–Trinajstić information content (AvgIpc) is 2.84. The predicted octanol–water partition coefficient (Wildman–Crippen LogP) is 3.71. The maximum Gasteiger partial charge on any atom is 0.0581 e. The van der Waals surface area contributed by atoms with Crippen molar-refractivity contribution in [2.24, 2.45) is 11.8 Å². The van der Waals surface area contributed by atoms with E-state index in [-0.39, 0.29) is 0 Å². The van der Waals surface area contributed by atoms with E-state index in [1.165, 1.54) is 62.7 Å². The minimum atomic E-state index is 0.404. The molecule has 0 aromatic carbocycles. The highest BCUT2D eigenvalue weighted by Crippen LogP contribution is 2.39. The molecule has 1 aromatic heterocycles. The Labute approximate surface area is 114 Å². The molecule has 3 heteroatoms. The molecule has 0 aliphatic heterocycles. The van der Waals surface area contributed by atoms with Gasteiger partial charge in [-0.2, -0.15) is 0 Å². The lowest BCUT2D eigenvalue weighted by atomic mass is 9.83. The highest BCUT2D eigenvalue weighted by Gasteiger charge is 2.26. The molecule has 18 heavy (non-hydrogen) atoms. The second-order valence-corrected chi connectivity index (χ2v) is 7.02. The Balaban J connectivity index is 1.79. The Kier molecular flexibility index (Phi) is 4.02. The van der Waals surface area contributed by atoms with E-state index in [4.69, 9.17) is 5.84 Å². The van der Waals surface area contributed by atoms with Crippen molar-refractivity contribution in [1.29, 1.82) is 0 Å². The van der Waals surface area contributed by atoms with Gasteiger partial charge in [0.2, 0.25) is 0 Å². The summed E-state index contributed by atoms with van der Waals surface area (Å²) < 4.78 is 0. The zero-order valence-electron chi connectivity index (χ0n) is 11.1. The fraction of sp³-hybridized carbons (Fsp3) is 0.733. The van der Waals surface area contributed by atoms with Crippen LogP contribution in [0.4, 0.5) is 0 Å². The zero-order valence-corrected chi connectivity index (χ0v) is 11.9. The maximum atomic E-state index is 5.85. The number of aryl methyl sites for hydroxylation is 2. The van der Waals surface area contributed by atoms with Gasteiger partial charge in [-0.1, -0.05) is 19.3 Å². The van der Waals surface area contributed by atoms with Crippen LogP contribution < -0.4 is 11.3 Å². The minimum absolute atomic E-state index is 0.404. The van der Waals surface area contributed by atoms with Crippen LogP contribution >= 0.6 is 11.3 Å². The van der Waals surface area contributed by atoms with Gasteiger partial charge in [0, 0.05) is 9.75 Å². The highest BCUT2D eigenvalue weighted by molar-refractivity contribution is 7.12. The van der Waals surface area contributed by atoms with Crippen LogP contribution in [0.2, 0.25) is 0 Å². The monoisotopic (exact) mass is 264 g/mol. The summed E-state index contributed by atoms with van der Waals surface area (Å²) in [7, 11) is 0. The van der Waals surface area contributed by atoms with E-state index in [1.54, 1.807) is 10.4 Å². The SMILES string of the molecule is NNC(c1cc2c(s1)CCCC2)C1CCCCC1. The van der Waals surface area contributed by atoms with Crippen molar-refractivity contribution in [3.8, 4) is 0 Å². The van der Waals surface area contributed by atoms with Gasteiger partial charge in [0.05, 0.1) is 6.04 Å².